The predicted octanol–water partition coefficient (Wildman–Crippen LogP) is 3.29. The number of methoxy groups -OCH3 is 1. The summed E-state index contributed by atoms with van der Waals surface area (Å²) in [7, 11) is 1.61. The third-order valence-electron chi connectivity index (χ3n) is 4.21. The van der Waals surface area contributed by atoms with Gasteiger partial charge < -0.3 is 15.4 Å². The molecule has 0 spiro atoms. The molecule has 0 saturated carbocycles. The minimum absolute atomic E-state index is 0.328. The van der Waals surface area contributed by atoms with Crippen LogP contribution >= 0.6 is 23.8 Å². The van der Waals surface area contributed by atoms with Crippen LogP contribution in [0.5, 0.6) is 5.75 Å². The number of hydrazone groups is 1. The summed E-state index contributed by atoms with van der Waals surface area (Å²) < 4.78 is 5.20. The molecule has 2 aromatic carbocycles. The molecule has 0 bridgehead atoms. The topological polar surface area (TPSA) is 74.8 Å². The van der Waals surface area contributed by atoms with E-state index in [4.69, 9.17) is 28.6 Å². The number of hydrogen-bond donors (Lipinski definition) is 3. The van der Waals surface area contributed by atoms with Gasteiger partial charge in [0.2, 0.25) is 0 Å². The summed E-state index contributed by atoms with van der Waals surface area (Å²) in [5, 5.41) is 11.3. The smallest absolute Gasteiger partial charge is 0.271 e. The second-order valence-corrected chi connectivity index (χ2v) is 6.94. The van der Waals surface area contributed by atoms with Gasteiger partial charge in [0, 0.05) is 10.7 Å². The Kier molecular flexibility index (Phi) is 6.28. The van der Waals surface area contributed by atoms with Gasteiger partial charge in [-0.25, -0.2) is 5.43 Å². The Hall–Kier alpha value is -2.90. The highest BCUT2D eigenvalue weighted by molar-refractivity contribution is 7.80. The lowest BCUT2D eigenvalue weighted by atomic mass is 9.95. The Morgan fingerprint density at radius 1 is 1.21 bits per heavy atom. The van der Waals surface area contributed by atoms with Gasteiger partial charge in [0.05, 0.1) is 24.9 Å². The Labute approximate surface area is 173 Å². The first-order valence-electron chi connectivity index (χ1n) is 8.49. The van der Waals surface area contributed by atoms with Crippen LogP contribution in [0.1, 0.15) is 24.1 Å². The molecule has 3 N–H and O–H groups in total. The average molecular weight is 415 g/mol. The van der Waals surface area contributed by atoms with E-state index >= 15 is 0 Å². The molecule has 1 heterocycles. The fraction of sp³-hybridized carbons (Fsp3) is 0.150. The third-order valence-corrected chi connectivity index (χ3v) is 4.68. The fourth-order valence-electron chi connectivity index (χ4n) is 2.82. The summed E-state index contributed by atoms with van der Waals surface area (Å²) in [6, 6.07) is 14.2. The van der Waals surface area contributed by atoms with E-state index in [1.165, 1.54) is 0 Å². The molecule has 0 aromatic heterocycles. The number of hydrogen-bond acceptors (Lipinski definition) is 4. The van der Waals surface area contributed by atoms with E-state index in [-0.39, 0.29) is 5.91 Å². The molecular formula is C20H19ClN4O2S. The predicted molar refractivity (Wildman–Crippen MR) is 114 cm³/mol. The van der Waals surface area contributed by atoms with E-state index < -0.39 is 6.04 Å². The van der Waals surface area contributed by atoms with Crippen molar-refractivity contribution in [2.45, 2.75) is 13.0 Å². The van der Waals surface area contributed by atoms with Gasteiger partial charge in [-0.2, -0.15) is 5.10 Å². The second-order valence-electron chi connectivity index (χ2n) is 6.09. The lowest BCUT2D eigenvalue weighted by molar-refractivity contribution is -0.117. The first-order chi connectivity index (χ1) is 13.5. The van der Waals surface area contributed by atoms with E-state index in [1.54, 1.807) is 25.5 Å². The maximum atomic E-state index is 12.8. The molecule has 28 heavy (non-hydrogen) atoms. The number of nitrogens with zero attached hydrogens (tertiary/aromatic N) is 1. The monoisotopic (exact) mass is 414 g/mol. The molecule has 1 unspecified atom stereocenters. The highest BCUT2D eigenvalue weighted by atomic mass is 35.5. The van der Waals surface area contributed by atoms with Crippen LogP contribution in [0.2, 0.25) is 5.02 Å². The Balaban J connectivity index is 1.80. The zero-order valence-corrected chi connectivity index (χ0v) is 16.9. The Bertz CT molecular complexity index is 940. The number of benzene rings is 2. The summed E-state index contributed by atoms with van der Waals surface area (Å²) in [6.45, 7) is 1.81. The molecule has 3 rings (SSSR count). The van der Waals surface area contributed by atoms with Crippen LogP contribution in [-0.2, 0) is 4.79 Å². The van der Waals surface area contributed by atoms with Gasteiger partial charge in [0.25, 0.3) is 5.91 Å². The van der Waals surface area contributed by atoms with Crippen LogP contribution in [0.15, 0.2) is 64.9 Å². The molecular weight excluding hydrogens is 396 g/mol. The molecule has 1 aliphatic rings. The molecule has 8 heteroatoms. The largest absolute Gasteiger partial charge is 0.497 e. The standard InChI is InChI=1S/C20H19ClN4O2S/c1-12-17(19(26)25-22-11-13-3-7-15(21)8-4-13)18(24-20(28)23-12)14-5-9-16(27-2)10-6-14/h3-11,18H,1-2H3,(H,25,26)(H2,23,24,28)/b22-11+. The normalized spacial score (nSPS) is 16.5. The number of allylic oxidation sites excluding steroid dienone is 1. The van der Waals surface area contributed by atoms with Crippen molar-refractivity contribution in [2.75, 3.05) is 7.11 Å². The minimum atomic E-state index is -0.398. The van der Waals surface area contributed by atoms with Crippen LogP contribution in [0.4, 0.5) is 0 Å². The van der Waals surface area contributed by atoms with Crippen molar-refractivity contribution < 1.29 is 9.53 Å². The summed E-state index contributed by atoms with van der Waals surface area (Å²) in [4.78, 5) is 12.8. The van der Waals surface area contributed by atoms with Gasteiger partial charge >= 0.3 is 0 Å². The average Bonchev–Trinajstić information content (AvgIpc) is 2.69. The van der Waals surface area contributed by atoms with Crippen molar-refractivity contribution in [3.8, 4) is 5.75 Å². The van der Waals surface area contributed by atoms with E-state index in [0.29, 0.717) is 21.4 Å². The minimum Gasteiger partial charge on any atom is -0.497 e. The number of halogens is 1. The lowest BCUT2D eigenvalue weighted by Gasteiger charge is -2.30. The van der Waals surface area contributed by atoms with Crippen LogP contribution in [0.3, 0.4) is 0 Å². The van der Waals surface area contributed by atoms with Gasteiger partial charge in [0.1, 0.15) is 5.75 Å². The molecule has 1 amide bonds. The quantitative estimate of drug-likeness (QED) is 0.397. The highest BCUT2D eigenvalue weighted by Gasteiger charge is 2.29. The number of thiocarbonyl (C=S) groups is 1. The first kappa shape index (κ1) is 19.9. The Morgan fingerprint density at radius 3 is 2.54 bits per heavy atom. The third kappa shape index (κ3) is 4.68. The van der Waals surface area contributed by atoms with Gasteiger partial charge in [-0.05, 0) is 54.5 Å². The molecule has 2 aromatic rings. The molecule has 1 aliphatic heterocycles. The van der Waals surface area contributed by atoms with Crippen molar-refractivity contribution in [1.29, 1.82) is 0 Å². The molecule has 0 fully saturated rings. The van der Waals surface area contributed by atoms with E-state index in [2.05, 4.69) is 21.2 Å². The SMILES string of the molecule is COc1ccc(C2NC(=S)NC(C)=C2C(=O)N/N=C/c2ccc(Cl)cc2)cc1. The number of carbonyl (C=O) groups is 1. The number of carbonyl (C=O) groups excluding carboxylic acids is 1. The number of nitrogens with one attached hydrogen (secondary N) is 3. The van der Waals surface area contributed by atoms with E-state index in [1.807, 2.05) is 43.3 Å². The van der Waals surface area contributed by atoms with Gasteiger partial charge in [-0.1, -0.05) is 35.9 Å². The van der Waals surface area contributed by atoms with Crippen molar-refractivity contribution in [3.63, 3.8) is 0 Å². The summed E-state index contributed by atoms with van der Waals surface area (Å²) in [5.74, 6) is 0.408. The van der Waals surface area contributed by atoms with Crippen LogP contribution in [-0.4, -0.2) is 24.3 Å². The fourth-order valence-corrected chi connectivity index (χ4v) is 3.21. The van der Waals surface area contributed by atoms with E-state index in [9.17, 15) is 4.79 Å². The van der Waals surface area contributed by atoms with Crippen molar-refractivity contribution >= 4 is 41.1 Å². The second kappa shape index (κ2) is 8.86. The molecule has 0 radical (unpaired) electrons. The van der Waals surface area contributed by atoms with Crippen molar-refractivity contribution in [1.82, 2.24) is 16.1 Å². The number of rotatable bonds is 5. The van der Waals surface area contributed by atoms with Gasteiger partial charge in [-0.3, -0.25) is 4.79 Å². The van der Waals surface area contributed by atoms with E-state index in [0.717, 1.165) is 16.9 Å². The maximum Gasteiger partial charge on any atom is 0.271 e. The molecule has 6 nitrogen and oxygen atoms in total. The number of amides is 1. The summed E-state index contributed by atoms with van der Waals surface area (Å²) in [5.41, 5.74) is 5.46. The maximum absolute atomic E-state index is 12.8. The molecule has 0 saturated heterocycles. The van der Waals surface area contributed by atoms with Crippen molar-refractivity contribution in [3.05, 3.63) is 76.0 Å². The zero-order valence-electron chi connectivity index (χ0n) is 15.3. The molecule has 144 valence electrons. The first-order valence-corrected chi connectivity index (χ1v) is 9.28. The van der Waals surface area contributed by atoms with Gasteiger partial charge in [-0.15, -0.1) is 0 Å². The van der Waals surface area contributed by atoms with Crippen molar-refractivity contribution in [2.24, 2.45) is 5.10 Å². The summed E-state index contributed by atoms with van der Waals surface area (Å²) >= 11 is 11.1. The Morgan fingerprint density at radius 2 is 1.89 bits per heavy atom. The van der Waals surface area contributed by atoms with Crippen LogP contribution in [0, 0.1) is 0 Å². The summed E-state index contributed by atoms with van der Waals surface area (Å²) in [6.07, 6.45) is 1.56. The van der Waals surface area contributed by atoms with Crippen LogP contribution in [0.25, 0.3) is 0 Å². The lowest BCUT2D eigenvalue weighted by Crippen LogP contribution is -2.46. The van der Waals surface area contributed by atoms with Gasteiger partial charge in [0.15, 0.2) is 5.11 Å². The molecule has 0 aliphatic carbocycles. The highest BCUT2D eigenvalue weighted by Crippen LogP contribution is 2.28. The zero-order chi connectivity index (χ0) is 20.1. The van der Waals surface area contributed by atoms with Crippen LogP contribution < -0.4 is 20.8 Å². The molecule has 1 atom stereocenters. The number of ether oxygens (including phenoxy) is 1.